The SMILES string of the molecule is COc1cccc2c(CC(=O)O)cn(N[C@H](C=O)CCC(=O)O)c12. The number of nitrogens with one attached hydrogen (secondary N) is 1. The monoisotopic (exact) mass is 334 g/mol. The minimum atomic E-state index is -0.995. The van der Waals surface area contributed by atoms with Gasteiger partial charge in [-0.3, -0.25) is 14.3 Å². The first kappa shape index (κ1) is 17.3. The fraction of sp³-hybridized carbons (Fsp3) is 0.312. The molecule has 24 heavy (non-hydrogen) atoms. The number of carboxylic acid groups (broad SMARTS) is 2. The van der Waals surface area contributed by atoms with Crippen LogP contribution in [0.15, 0.2) is 24.4 Å². The van der Waals surface area contributed by atoms with Gasteiger partial charge in [0.25, 0.3) is 0 Å². The van der Waals surface area contributed by atoms with Gasteiger partial charge in [0.15, 0.2) is 0 Å². The number of aldehydes is 1. The van der Waals surface area contributed by atoms with E-state index in [9.17, 15) is 14.4 Å². The highest BCUT2D eigenvalue weighted by molar-refractivity contribution is 5.92. The second kappa shape index (κ2) is 7.49. The van der Waals surface area contributed by atoms with Crippen molar-refractivity contribution in [1.82, 2.24) is 4.68 Å². The lowest BCUT2D eigenvalue weighted by atomic mass is 10.1. The Kier molecular flexibility index (Phi) is 5.41. The third-order valence-corrected chi connectivity index (χ3v) is 3.57. The van der Waals surface area contributed by atoms with Crippen LogP contribution in [0, 0.1) is 0 Å². The van der Waals surface area contributed by atoms with Gasteiger partial charge in [-0.1, -0.05) is 12.1 Å². The topological polar surface area (TPSA) is 118 Å². The van der Waals surface area contributed by atoms with E-state index in [2.05, 4.69) is 5.43 Å². The van der Waals surface area contributed by atoms with E-state index in [1.807, 2.05) is 0 Å². The largest absolute Gasteiger partial charge is 0.494 e. The maximum atomic E-state index is 11.2. The van der Waals surface area contributed by atoms with Crippen molar-refractivity contribution in [3.63, 3.8) is 0 Å². The Hall–Kier alpha value is -3.03. The molecule has 8 heteroatoms. The zero-order chi connectivity index (χ0) is 17.7. The summed E-state index contributed by atoms with van der Waals surface area (Å²) in [6.45, 7) is 0. The standard InChI is InChI=1S/C16H18N2O6/c1-24-13-4-2-3-12-10(7-15(22)23)8-18(16(12)13)17-11(9-19)5-6-14(20)21/h2-4,8-9,11,17H,5-7H2,1H3,(H,20,21)(H,22,23)/t11-/m0/s1. The summed E-state index contributed by atoms with van der Waals surface area (Å²) in [6, 6.07) is 4.51. The van der Waals surface area contributed by atoms with Gasteiger partial charge in [0.2, 0.25) is 0 Å². The average Bonchev–Trinajstić information content (AvgIpc) is 2.88. The smallest absolute Gasteiger partial charge is 0.307 e. The number of carbonyl (C=O) groups excluding carboxylic acids is 1. The number of methoxy groups -OCH3 is 1. The van der Waals surface area contributed by atoms with Gasteiger partial charge in [-0.05, 0) is 18.1 Å². The Bertz CT molecular complexity index is 767. The molecule has 0 aliphatic carbocycles. The molecule has 0 amide bonds. The van der Waals surface area contributed by atoms with E-state index in [0.717, 1.165) is 0 Å². The van der Waals surface area contributed by atoms with Gasteiger partial charge < -0.3 is 25.2 Å². The fourth-order valence-electron chi connectivity index (χ4n) is 2.51. The highest BCUT2D eigenvalue weighted by Crippen LogP contribution is 2.29. The van der Waals surface area contributed by atoms with Gasteiger partial charge in [-0.2, -0.15) is 0 Å². The lowest BCUT2D eigenvalue weighted by Gasteiger charge is -2.16. The van der Waals surface area contributed by atoms with Gasteiger partial charge in [0, 0.05) is 18.0 Å². The Morgan fingerprint density at radius 1 is 1.33 bits per heavy atom. The average molecular weight is 334 g/mol. The Balaban J connectivity index is 2.42. The number of benzene rings is 1. The van der Waals surface area contributed by atoms with Gasteiger partial charge in [0.05, 0.1) is 19.6 Å². The van der Waals surface area contributed by atoms with Crippen molar-refractivity contribution in [1.29, 1.82) is 0 Å². The Morgan fingerprint density at radius 3 is 2.67 bits per heavy atom. The third-order valence-electron chi connectivity index (χ3n) is 3.57. The van der Waals surface area contributed by atoms with Crippen LogP contribution < -0.4 is 10.2 Å². The zero-order valence-corrected chi connectivity index (χ0v) is 13.1. The van der Waals surface area contributed by atoms with Crippen LogP contribution in [0.5, 0.6) is 5.75 Å². The van der Waals surface area contributed by atoms with Crippen molar-refractivity contribution < 1.29 is 29.3 Å². The van der Waals surface area contributed by atoms with Crippen LogP contribution in [-0.4, -0.2) is 46.3 Å². The van der Waals surface area contributed by atoms with E-state index in [1.165, 1.54) is 11.8 Å². The van der Waals surface area contributed by atoms with E-state index in [0.29, 0.717) is 28.5 Å². The van der Waals surface area contributed by atoms with Gasteiger partial charge in [-0.25, -0.2) is 0 Å². The quantitative estimate of drug-likeness (QED) is 0.591. The lowest BCUT2D eigenvalue weighted by Crippen LogP contribution is -2.29. The molecule has 0 fully saturated rings. The second-order valence-corrected chi connectivity index (χ2v) is 5.26. The van der Waals surface area contributed by atoms with E-state index in [4.69, 9.17) is 14.9 Å². The van der Waals surface area contributed by atoms with Crippen LogP contribution >= 0.6 is 0 Å². The summed E-state index contributed by atoms with van der Waals surface area (Å²) in [5.41, 5.74) is 4.07. The van der Waals surface area contributed by atoms with E-state index < -0.39 is 18.0 Å². The number of aliphatic carboxylic acids is 2. The Labute approximate surface area is 137 Å². The molecule has 1 aromatic heterocycles. The van der Waals surface area contributed by atoms with Gasteiger partial charge in [-0.15, -0.1) is 0 Å². The molecule has 0 aliphatic rings. The van der Waals surface area contributed by atoms with E-state index in [1.54, 1.807) is 24.4 Å². The van der Waals surface area contributed by atoms with Crippen LogP contribution in [0.25, 0.3) is 10.9 Å². The highest BCUT2D eigenvalue weighted by atomic mass is 16.5. The van der Waals surface area contributed by atoms with Gasteiger partial charge in [0.1, 0.15) is 17.6 Å². The minimum absolute atomic E-state index is 0.113. The van der Waals surface area contributed by atoms with E-state index >= 15 is 0 Å². The number of hydrogen-bond donors (Lipinski definition) is 3. The molecule has 128 valence electrons. The first-order chi connectivity index (χ1) is 11.5. The van der Waals surface area contributed by atoms with Crippen LogP contribution in [-0.2, 0) is 20.8 Å². The van der Waals surface area contributed by atoms with Crippen molar-refractivity contribution in [2.24, 2.45) is 0 Å². The number of para-hydroxylation sites is 1. The van der Waals surface area contributed by atoms with E-state index in [-0.39, 0.29) is 19.3 Å². The summed E-state index contributed by atoms with van der Waals surface area (Å²) in [5, 5.41) is 18.5. The molecule has 2 aromatic rings. The molecular weight excluding hydrogens is 316 g/mol. The molecule has 0 unspecified atom stereocenters. The van der Waals surface area contributed by atoms with Crippen molar-refractivity contribution >= 4 is 29.1 Å². The highest BCUT2D eigenvalue weighted by Gasteiger charge is 2.17. The molecule has 0 saturated carbocycles. The number of ether oxygens (including phenoxy) is 1. The molecule has 0 saturated heterocycles. The maximum absolute atomic E-state index is 11.2. The number of carboxylic acids is 2. The summed E-state index contributed by atoms with van der Waals surface area (Å²) in [5.74, 6) is -1.46. The molecule has 8 nitrogen and oxygen atoms in total. The fourth-order valence-corrected chi connectivity index (χ4v) is 2.51. The molecule has 0 spiro atoms. The van der Waals surface area contributed by atoms with Crippen LogP contribution in [0.2, 0.25) is 0 Å². The molecule has 0 radical (unpaired) electrons. The molecule has 1 aromatic carbocycles. The van der Waals surface area contributed by atoms with Crippen molar-refractivity contribution in [2.45, 2.75) is 25.3 Å². The normalized spacial score (nSPS) is 11.9. The molecule has 3 N–H and O–H groups in total. The third kappa shape index (κ3) is 3.83. The maximum Gasteiger partial charge on any atom is 0.307 e. The number of carbonyl (C=O) groups is 3. The number of fused-ring (bicyclic) bond motifs is 1. The second-order valence-electron chi connectivity index (χ2n) is 5.26. The van der Waals surface area contributed by atoms with Crippen LogP contribution in [0.3, 0.4) is 0 Å². The Morgan fingerprint density at radius 2 is 2.08 bits per heavy atom. The molecular formula is C16H18N2O6. The summed E-state index contributed by atoms with van der Waals surface area (Å²) in [7, 11) is 1.49. The molecule has 1 heterocycles. The number of hydrogen-bond acceptors (Lipinski definition) is 5. The summed E-state index contributed by atoms with van der Waals surface area (Å²) >= 11 is 0. The summed E-state index contributed by atoms with van der Waals surface area (Å²) < 4.78 is 6.83. The first-order valence-electron chi connectivity index (χ1n) is 7.28. The van der Waals surface area contributed by atoms with Crippen LogP contribution in [0.1, 0.15) is 18.4 Å². The van der Waals surface area contributed by atoms with Crippen molar-refractivity contribution in [2.75, 3.05) is 12.5 Å². The van der Waals surface area contributed by atoms with Crippen molar-refractivity contribution in [3.05, 3.63) is 30.0 Å². The zero-order valence-electron chi connectivity index (χ0n) is 13.1. The number of aromatic nitrogens is 1. The van der Waals surface area contributed by atoms with Crippen molar-refractivity contribution in [3.8, 4) is 5.75 Å². The molecule has 2 rings (SSSR count). The summed E-state index contributed by atoms with van der Waals surface area (Å²) in [4.78, 5) is 32.9. The number of nitrogens with zero attached hydrogens (tertiary/aromatic N) is 1. The summed E-state index contributed by atoms with van der Waals surface area (Å²) in [6.07, 6.45) is 1.98. The predicted molar refractivity (Wildman–Crippen MR) is 85.9 cm³/mol. The molecule has 0 aliphatic heterocycles. The predicted octanol–water partition coefficient (Wildman–Crippen LogP) is 1.25. The van der Waals surface area contributed by atoms with Crippen LogP contribution in [0.4, 0.5) is 0 Å². The lowest BCUT2D eigenvalue weighted by molar-refractivity contribution is -0.137. The minimum Gasteiger partial charge on any atom is -0.494 e. The number of rotatable bonds is 9. The van der Waals surface area contributed by atoms with Gasteiger partial charge >= 0.3 is 11.9 Å². The molecule has 0 bridgehead atoms. The molecule has 1 atom stereocenters. The first-order valence-corrected chi connectivity index (χ1v) is 7.28.